The highest BCUT2D eigenvalue weighted by Crippen LogP contribution is 2.17. The van der Waals surface area contributed by atoms with E-state index in [0.29, 0.717) is 17.1 Å². The van der Waals surface area contributed by atoms with Crippen LogP contribution in [-0.2, 0) is 13.6 Å². The van der Waals surface area contributed by atoms with Crippen molar-refractivity contribution in [1.29, 1.82) is 0 Å². The van der Waals surface area contributed by atoms with Gasteiger partial charge in [0.1, 0.15) is 0 Å². The highest BCUT2D eigenvalue weighted by atomic mass is 35.5. The molecule has 106 valence electrons. The summed E-state index contributed by atoms with van der Waals surface area (Å²) in [4.78, 5) is 12.1. The maximum absolute atomic E-state index is 12.1. The van der Waals surface area contributed by atoms with Gasteiger partial charge < -0.3 is 5.32 Å². The van der Waals surface area contributed by atoms with Crippen molar-refractivity contribution in [2.45, 2.75) is 6.54 Å². The van der Waals surface area contributed by atoms with Crippen molar-refractivity contribution in [1.82, 2.24) is 15.1 Å². The molecule has 1 N–H and O–H groups in total. The molecule has 1 aromatic heterocycles. The van der Waals surface area contributed by atoms with Crippen LogP contribution >= 0.6 is 11.6 Å². The average molecular weight is 300 g/mol. The molecule has 21 heavy (non-hydrogen) atoms. The lowest BCUT2D eigenvalue weighted by Gasteiger charge is -2.04. The highest BCUT2D eigenvalue weighted by Gasteiger charge is 2.10. The summed E-state index contributed by atoms with van der Waals surface area (Å²) >= 11 is 5.89. The van der Waals surface area contributed by atoms with E-state index in [9.17, 15) is 4.79 Å². The molecule has 0 spiro atoms. The molecule has 0 aliphatic rings. The van der Waals surface area contributed by atoms with Gasteiger partial charge in [-0.05, 0) is 24.3 Å². The van der Waals surface area contributed by atoms with E-state index in [1.807, 2.05) is 36.0 Å². The Labute approximate surface area is 127 Å². The molecular formula is C16H14ClN3O. The Morgan fingerprint density at radius 3 is 2.86 bits per heavy atom. The molecule has 0 saturated carbocycles. The van der Waals surface area contributed by atoms with E-state index >= 15 is 0 Å². The van der Waals surface area contributed by atoms with Crippen molar-refractivity contribution < 1.29 is 4.79 Å². The van der Waals surface area contributed by atoms with E-state index in [0.717, 1.165) is 16.6 Å². The van der Waals surface area contributed by atoms with Crippen LogP contribution in [0.15, 0.2) is 48.5 Å². The molecule has 0 fully saturated rings. The van der Waals surface area contributed by atoms with Crippen LogP contribution in [0, 0.1) is 0 Å². The number of hydrogen-bond donors (Lipinski definition) is 1. The SMILES string of the molecule is Cn1nc(CNC(=O)c2cccc(Cl)c2)c2ccccc21. The number of hydrogen-bond acceptors (Lipinski definition) is 2. The number of carbonyl (C=O) groups is 1. The lowest BCUT2D eigenvalue weighted by molar-refractivity contribution is 0.0950. The zero-order valence-corrected chi connectivity index (χ0v) is 12.3. The van der Waals surface area contributed by atoms with Gasteiger partial charge in [-0.1, -0.05) is 35.9 Å². The lowest BCUT2D eigenvalue weighted by Crippen LogP contribution is -2.23. The molecular weight excluding hydrogens is 286 g/mol. The lowest BCUT2D eigenvalue weighted by atomic mass is 10.2. The summed E-state index contributed by atoms with van der Waals surface area (Å²) in [7, 11) is 1.89. The van der Waals surface area contributed by atoms with Crippen molar-refractivity contribution in [3.05, 3.63) is 64.8 Å². The first-order valence-electron chi connectivity index (χ1n) is 6.59. The summed E-state index contributed by atoms with van der Waals surface area (Å²) in [5.74, 6) is -0.160. The minimum absolute atomic E-state index is 0.160. The summed E-state index contributed by atoms with van der Waals surface area (Å²) in [6, 6.07) is 14.8. The molecule has 0 atom stereocenters. The van der Waals surface area contributed by atoms with E-state index in [4.69, 9.17) is 11.6 Å². The van der Waals surface area contributed by atoms with Gasteiger partial charge in [0, 0.05) is 23.0 Å². The summed E-state index contributed by atoms with van der Waals surface area (Å²) in [5, 5.41) is 8.92. The van der Waals surface area contributed by atoms with Crippen molar-refractivity contribution in [2.75, 3.05) is 0 Å². The Morgan fingerprint density at radius 2 is 2.05 bits per heavy atom. The summed E-state index contributed by atoms with van der Waals surface area (Å²) in [6.07, 6.45) is 0. The minimum atomic E-state index is -0.160. The third-order valence-corrected chi connectivity index (χ3v) is 3.57. The van der Waals surface area contributed by atoms with E-state index < -0.39 is 0 Å². The Bertz CT molecular complexity index is 810. The first-order chi connectivity index (χ1) is 10.1. The first-order valence-corrected chi connectivity index (χ1v) is 6.97. The van der Waals surface area contributed by atoms with Crippen LogP contribution in [0.25, 0.3) is 10.9 Å². The quantitative estimate of drug-likeness (QED) is 0.807. The van der Waals surface area contributed by atoms with Crippen LogP contribution in [0.4, 0.5) is 0 Å². The average Bonchev–Trinajstić information content (AvgIpc) is 2.82. The van der Waals surface area contributed by atoms with Gasteiger partial charge in [-0.15, -0.1) is 0 Å². The number of amides is 1. The summed E-state index contributed by atoms with van der Waals surface area (Å²) in [6.45, 7) is 0.382. The van der Waals surface area contributed by atoms with Crippen molar-refractivity contribution in [3.8, 4) is 0 Å². The standard InChI is InChI=1S/C16H14ClN3O/c1-20-15-8-3-2-7-13(15)14(19-20)10-18-16(21)11-5-4-6-12(17)9-11/h2-9H,10H2,1H3,(H,18,21). The number of fused-ring (bicyclic) bond motifs is 1. The third kappa shape index (κ3) is 2.76. The molecule has 3 aromatic rings. The smallest absolute Gasteiger partial charge is 0.251 e. The number of para-hydroxylation sites is 1. The number of aryl methyl sites for hydroxylation is 1. The Hall–Kier alpha value is -2.33. The normalized spacial score (nSPS) is 10.8. The van der Waals surface area contributed by atoms with Gasteiger partial charge in [0.25, 0.3) is 5.91 Å². The maximum atomic E-state index is 12.1. The molecule has 0 aliphatic heterocycles. The van der Waals surface area contributed by atoms with E-state index in [1.54, 1.807) is 24.3 Å². The van der Waals surface area contributed by atoms with Gasteiger partial charge in [-0.25, -0.2) is 0 Å². The van der Waals surface area contributed by atoms with Crippen LogP contribution < -0.4 is 5.32 Å². The van der Waals surface area contributed by atoms with Gasteiger partial charge in [-0.2, -0.15) is 5.10 Å². The summed E-state index contributed by atoms with van der Waals surface area (Å²) < 4.78 is 1.82. The Balaban J connectivity index is 1.79. The fourth-order valence-corrected chi connectivity index (χ4v) is 2.51. The fourth-order valence-electron chi connectivity index (χ4n) is 2.32. The van der Waals surface area contributed by atoms with Crippen LogP contribution in [-0.4, -0.2) is 15.7 Å². The molecule has 2 aromatic carbocycles. The van der Waals surface area contributed by atoms with E-state index in [-0.39, 0.29) is 5.91 Å². The van der Waals surface area contributed by atoms with Crippen molar-refractivity contribution in [2.24, 2.45) is 7.05 Å². The van der Waals surface area contributed by atoms with Gasteiger partial charge in [0.05, 0.1) is 17.8 Å². The first kappa shape index (κ1) is 13.6. The van der Waals surface area contributed by atoms with Crippen molar-refractivity contribution in [3.63, 3.8) is 0 Å². The zero-order valence-electron chi connectivity index (χ0n) is 11.5. The zero-order chi connectivity index (χ0) is 14.8. The molecule has 0 saturated heterocycles. The topological polar surface area (TPSA) is 46.9 Å². The number of rotatable bonds is 3. The molecule has 0 bridgehead atoms. The minimum Gasteiger partial charge on any atom is -0.346 e. The highest BCUT2D eigenvalue weighted by molar-refractivity contribution is 6.30. The van der Waals surface area contributed by atoms with E-state index in [2.05, 4.69) is 10.4 Å². The van der Waals surface area contributed by atoms with Crippen LogP contribution in [0.2, 0.25) is 5.02 Å². The second-order valence-corrected chi connectivity index (χ2v) is 5.22. The van der Waals surface area contributed by atoms with Crippen LogP contribution in [0.3, 0.4) is 0 Å². The van der Waals surface area contributed by atoms with Crippen LogP contribution in [0.1, 0.15) is 16.1 Å². The van der Waals surface area contributed by atoms with Gasteiger partial charge in [-0.3, -0.25) is 9.48 Å². The third-order valence-electron chi connectivity index (χ3n) is 3.34. The number of nitrogens with zero attached hydrogens (tertiary/aromatic N) is 2. The van der Waals surface area contributed by atoms with E-state index in [1.165, 1.54) is 0 Å². The Kier molecular flexibility index (Phi) is 3.62. The van der Waals surface area contributed by atoms with Crippen LogP contribution in [0.5, 0.6) is 0 Å². The number of nitrogens with one attached hydrogen (secondary N) is 1. The van der Waals surface area contributed by atoms with Gasteiger partial charge in [0.2, 0.25) is 0 Å². The largest absolute Gasteiger partial charge is 0.346 e. The molecule has 4 nitrogen and oxygen atoms in total. The fraction of sp³-hybridized carbons (Fsp3) is 0.125. The Morgan fingerprint density at radius 1 is 1.24 bits per heavy atom. The number of benzene rings is 2. The number of carbonyl (C=O) groups excluding carboxylic acids is 1. The molecule has 5 heteroatoms. The predicted molar refractivity (Wildman–Crippen MR) is 83.3 cm³/mol. The van der Waals surface area contributed by atoms with Gasteiger partial charge in [0.15, 0.2) is 0 Å². The summed E-state index contributed by atoms with van der Waals surface area (Å²) in [5.41, 5.74) is 2.44. The molecule has 1 amide bonds. The maximum Gasteiger partial charge on any atom is 0.251 e. The molecule has 3 rings (SSSR count). The van der Waals surface area contributed by atoms with Crippen molar-refractivity contribution >= 4 is 28.4 Å². The number of aromatic nitrogens is 2. The molecule has 0 radical (unpaired) electrons. The molecule has 0 unspecified atom stereocenters. The number of halogens is 1. The molecule has 0 aliphatic carbocycles. The second-order valence-electron chi connectivity index (χ2n) is 4.78. The predicted octanol–water partition coefficient (Wildman–Crippen LogP) is 3.16. The monoisotopic (exact) mass is 299 g/mol. The van der Waals surface area contributed by atoms with Gasteiger partial charge >= 0.3 is 0 Å². The molecule has 1 heterocycles. The second kappa shape index (κ2) is 5.58.